The van der Waals surface area contributed by atoms with Gasteiger partial charge < -0.3 is 10.2 Å². The van der Waals surface area contributed by atoms with Gasteiger partial charge in [-0.05, 0) is 31.4 Å². The minimum Gasteiger partial charge on any atom is -0.345 e. The van der Waals surface area contributed by atoms with E-state index in [1.165, 1.54) is 0 Å². The van der Waals surface area contributed by atoms with Crippen molar-refractivity contribution in [3.05, 3.63) is 30.3 Å². The highest BCUT2D eigenvalue weighted by molar-refractivity contribution is 6.12. The van der Waals surface area contributed by atoms with Gasteiger partial charge >= 0.3 is 0 Å². The van der Waals surface area contributed by atoms with Crippen molar-refractivity contribution >= 4 is 17.5 Å². The third-order valence-corrected chi connectivity index (χ3v) is 3.82. The quantitative estimate of drug-likeness (QED) is 0.811. The lowest BCUT2D eigenvalue weighted by atomic mass is 10.0. The van der Waals surface area contributed by atoms with Gasteiger partial charge in [0, 0.05) is 19.3 Å². The summed E-state index contributed by atoms with van der Waals surface area (Å²) in [4.78, 5) is 26.5. The molecule has 0 spiro atoms. The molecule has 108 valence electrons. The number of rotatable bonds is 6. The molecule has 1 aliphatic carbocycles. The second-order valence-electron chi connectivity index (χ2n) is 5.48. The zero-order valence-electron chi connectivity index (χ0n) is 12.2. The average molecular weight is 274 g/mol. The Hall–Kier alpha value is -1.84. The van der Waals surface area contributed by atoms with Crippen molar-refractivity contribution in [2.45, 2.75) is 32.6 Å². The van der Waals surface area contributed by atoms with Crippen LogP contribution in [0, 0.1) is 5.41 Å². The van der Waals surface area contributed by atoms with Crippen molar-refractivity contribution in [2.75, 3.05) is 18.9 Å². The monoisotopic (exact) mass is 274 g/mol. The third-order valence-electron chi connectivity index (χ3n) is 3.82. The summed E-state index contributed by atoms with van der Waals surface area (Å²) in [6.07, 6.45) is 3.32. The van der Waals surface area contributed by atoms with Gasteiger partial charge in [0.1, 0.15) is 5.41 Å². The molecule has 1 fully saturated rings. The molecule has 0 aromatic heterocycles. The summed E-state index contributed by atoms with van der Waals surface area (Å²) in [5, 5.41) is 2.85. The fourth-order valence-corrected chi connectivity index (χ4v) is 2.30. The average Bonchev–Trinajstić information content (AvgIpc) is 3.26. The summed E-state index contributed by atoms with van der Waals surface area (Å²) >= 11 is 0. The van der Waals surface area contributed by atoms with Crippen molar-refractivity contribution in [2.24, 2.45) is 5.41 Å². The molecule has 1 aromatic rings. The molecule has 4 heteroatoms. The Morgan fingerprint density at radius 1 is 1.25 bits per heavy atom. The van der Waals surface area contributed by atoms with Gasteiger partial charge in [0.25, 0.3) is 0 Å². The van der Waals surface area contributed by atoms with Crippen molar-refractivity contribution in [1.82, 2.24) is 4.90 Å². The molecular formula is C16H22N2O2. The number of para-hydroxylation sites is 1. The van der Waals surface area contributed by atoms with Gasteiger partial charge in [0.2, 0.25) is 11.8 Å². The van der Waals surface area contributed by atoms with Crippen LogP contribution in [0.1, 0.15) is 32.6 Å². The van der Waals surface area contributed by atoms with E-state index in [1.807, 2.05) is 30.3 Å². The maximum atomic E-state index is 12.4. The maximum Gasteiger partial charge on any atom is 0.240 e. The maximum absolute atomic E-state index is 12.4. The van der Waals surface area contributed by atoms with Gasteiger partial charge in [-0.25, -0.2) is 0 Å². The molecule has 1 N–H and O–H groups in total. The fourth-order valence-electron chi connectivity index (χ4n) is 2.30. The second kappa shape index (κ2) is 6.07. The molecule has 0 atom stereocenters. The van der Waals surface area contributed by atoms with E-state index < -0.39 is 5.41 Å². The fraction of sp³-hybridized carbons (Fsp3) is 0.500. The van der Waals surface area contributed by atoms with Crippen LogP contribution < -0.4 is 5.32 Å². The van der Waals surface area contributed by atoms with E-state index in [1.54, 1.807) is 11.9 Å². The number of hydrogen-bond acceptors (Lipinski definition) is 2. The summed E-state index contributed by atoms with van der Waals surface area (Å²) in [7, 11) is 1.79. The number of hydrogen-bond donors (Lipinski definition) is 1. The van der Waals surface area contributed by atoms with Gasteiger partial charge in [0.05, 0.1) is 0 Å². The van der Waals surface area contributed by atoms with Crippen LogP contribution in [0.4, 0.5) is 5.69 Å². The van der Waals surface area contributed by atoms with Gasteiger partial charge in [-0.3, -0.25) is 9.59 Å². The number of anilines is 1. The van der Waals surface area contributed by atoms with E-state index in [-0.39, 0.29) is 11.8 Å². The smallest absolute Gasteiger partial charge is 0.240 e. The first kappa shape index (κ1) is 14.6. The molecule has 2 amide bonds. The SMILES string of the molecule is CCCCN(C)C(=O)C1(C(=O)Nc2ccccc2)CC1. The number of unbranched alkanes of at least 4 members (excludes halogenated alkanes) is 1. The zero-order chi connectivity index (χ0) is 14.6. The standard InChI is InChI=1S/C16H22N2O2/c1-3-4-12-18(2)15(20)16(10-11-16)14(19)17-13-8-6-5-7-9-13/h5-9H,3-4,10-12H2,1-2H3,(H,17,19). The van der Waals surface area contributed by atoms with Crippen LogP contribution >= 0.6 is 0 Å². The Labute approximate surface area is 120 Å². The van der Waals surface area contributed by atoms with E-state index in [4.69, 9.17) is 0 Å². The largest absolute Gasteiger partial charge is 0.345 e. The lowest BCUT2D eigenvalue weighted by Gasteiger charge is -2.22. The Bertz CT molecular complexity index is 481. The van der Waals surface area contributed by atoms with Gasteiger partial charge in [-0.2, -0.15) is 0 Å². The molecule has 4 nitrogen and oxygen atoms in total. The highest BCUT2D eigenvalue weighted by Gasteiger charge is 2.57. The highest BCUT2D eigenvalue weighted by Crippen LogP contribution is 2.48. The summed E-state index contributed by atoms with van der Waals surface area (Å²) in [6, 6.07) is 9.29. The van der Waals surface area contributed by atoms with E-state index in [2.05, 4.69) is 12.2 Å². The molecule has 1 aliphatic rings. The minimum atomic E-state index is -0.821. The topological polar surface area (TPSA) is 49.4 Å². The Kier molecular flexibility index (Phi) is 4.42. The number of carbonyl (C=O) groups excluding carboxylic acids is 2. The van der Waals surface area contributed by atoms with Crippen molar-refractivity contribution in [3.63, 3.8) is 0 Å². The van der Waals surface area contributed by atoms with E-state index in [9.17, 15) is 9.59 Å². The zero-order valence-corrected chi connectivity index (χ0v) is 12.2. The molecule has 1 saturated carbocycles. The first-order chi connectivity index (χ1) is 9.60. The van der Waals surface area contributed by atoms with Gasteiger partial charge in [-0.15, -0.1) is 0 Å². The highest BCUT2D eigenvalue weighted by atomic mass is 16.2. The third kappa shape index (κ3) is 3.00. The second-order valence-corrected chi connectivity index (χ2v) is 5.48. The van der Waals surface area contributed by atoms with E-state index >= 15 is 0 Å². The predicted molar refractivity (Wildman–Crippen MR) is 79.3 cm³/mol. The Balaban J connectivity index is 2.00. The Morgan fingerprint density at radius 3 is 2.45 bits per heavy atom. The molecule has 1 aromatic carbocycles. The summed E-state index contributed by atoms with van der Waals surface area (Å²) in [6.45, 7) is 2.81. The molecule has 0 saturated heterocycles. The first-order valence-corrected chi connectivity index (χ1v) is 7.22. The normalized spacial score (nSPS) is 15.5. The molecule has 0 unspecified atom stereocenters. The molecule has 0 radical (unpaired) electrons. The number of nitrogens with one attached hydrogen (secondary N) is 1. The molecule has 2 rings (SSSR count). The van der Waals surface area contributed by atoms with Gasteiger partial charge in [0.15, 0.2) is 0 Å². The molecule has 20 heavy (non-hydrogen) atoms. The van der Waals surface area contributed by atoms with E-state index in [0.717, 1.165) is 25.1 Å². The van der Waals surface area contributed by atoms with Crippen LogP contribution in [0.25, 0.3) is 0 Å². The molecule has 0 aliphatic heterocycles. The number of nitrogens with zero attached hydrogens (tertiary/aromatic N) is 1. The number of carbonyl (C=O) groups is 2. The van der Waals surface area contributed by atoms with E-state index in [0.29, 0.717) is 12.8 Å². The molecule has 0 bridgehead atoms. The van der Waals surface area contributed by atoms with Gasteiger partial charge in [-0.1, -0.05) is 31.5 Å². The number of amides is 2. The van der Waals surface area contributed by atoms with Crippen LogP contribution in [-0.2, 0) is 9.59 Å². The van der Waals surface area contributed by atoms with Crippen LogP contribution in [0.3, 0.4) is 0 Å². The summed E-state index contributed by atoms with van der Waals surface area (Å²) in [5.74, 6) is -0.212. The molecular weight excluding hydrogens is 252 g/mol. The molecule has 0 heterocycles. The number of benzene rings is 1. The van der Waals surface area contributed by atoms with Crippen molar-refractivity contribution in [3.8, 4) is 0 Å². The van der Waals surface area contributed by atoms with Crippen LogP contribution in [0.2, 0.25) is 0 Å². The van der Waals surface area contributed by atoms with Crippen LogP contribution in [0.15, 0.2) is 30.3 Å². The van der Waals surface area contributed by atoms with Crippen molar-refractivity contribution < 1.29 is 9.59 Å². The summed E-state index contributed by atoms with van der Waals surface area (Å²) in [5.41, 5.74) is -0.0778. The van der Waals surface area contributed by atoms with Crippen LogP contribution in [0.5, 0.6) is 0 Å². The lowest BCUT2D eigenvalue weighted by molar-refractivity contribution is -0.141. The summed E-state index contributed by atoms with van der Waals surface area (Å²) < 4.78 is 0. The minimum absolute atomic E-state index is 0.0422. The van der Waals surface area contributed by atoms with Crippen molar-refractivity contribution in [1.29, 1.82) is 0 Å². The first-order valence-electron chi connectivity index (χ1n) is 7.22. The lowest BCUT2D eigenvalue weighted by Crippen LogP contribution is -2.41. The predicted octanol–water partition coefficient (Wildman–Crippen LogP) is 2.66. The Morgan fingerprint density at radius 2 is 1.90 bits per heavy atom. The van der Waals surface area contributed by atoms with Crippen LogP contribution in [-0.4, -0.2) is 30.3 Å².